The molecule has 0 amide bonds. The molecule has 4 heterocycles. The minimum absolute atomic E-state index is 0.260. The number of rotatable bonds is 9. The number of aryl methyl sites for hydroxylation is 3. The van der Waals surface area contributed by atoms with E-state index in [0.29, 0.717) is 19.3 Å². The van der Waals surface area contributed by atoms with Crippen molar-refractivity contribution in [2.75, 3.05) is 0 Å². The van der Waals surface area contributed by atoms with Gasteiger partial charge in [0.1, 0.15) is 0 Å². The van der Waals surface area contributed by atoms with Crippen molar-refractivity contribution in [3.05, 3.63) is 98.6 Å². The number of hydrogen-bond acceptors (Lipinski definition) is 6. The molecule has 4 aromatic heterocycles. The smallest absolute Gasteiger partial charge is 0.247 e. The molecule has 0 aromatic carbocycles. The Kier molecular flexibility index (Phi) is 6.61. The first-order valence-corrected chi connectivity index (χ1v) is 12.3. The molecule has 9 heteroatoms. The lowest BCUT2D eigenvalue weighted by molar-refractivity contribution is 0.446. The van der Waals surface area contributed by atoms with Crippen LogP contribution in [-0.4, -0.2) is 13.7 Å². The van der Waals surface area contributed by atoms with Crippen molar-refractivity contribution in [2.45, 2.75) is 38.9 Å². The van der Waals surface area contributed by atoms with E-state index in [1.165, 1.54) is 13.7 Å². The second-order valence-electron chi connectivity index (χ2n) is 6.79. The van der Waals surface area contributed by atoms with E-state index in [1.54, 1.807) is 34.0 Å². The highest BCUT2D eigenvalue weighted by Crippen LogP contribution is 2.11. The van der Waals surface area contributed by atoms with Gasteiger partial charge in [-0.3, -0.25) is 0 Å². The summed E-state index contributed by atoms with van der Waals surface area (Å²) < 4.78 is 3.64. The van der Waals surface area contributed by atoms with Crippen molar-refractivity contribution in [1.82, 2.24) is 13.7 Å². The molecule has 0 radical (unpaired) electrons. The average Bonchev–Trinajstić information content (AvgIpc) is 3.51. The van der Waals surface area contributed by atoms with Crippen LogP contribution in [0.1, 0.15) is 14.6 Å². The fourth-order valence-corrected chi connectivity index (χ4v) is 5.38. The van der Waals surface area contributed by atoms with Crippen molar-refractivity contribution in [1.29, 1.82) is 0 Å². The van der Waals surface area contributed by atoms with Gasteiger partial charge in [0.15, 0.2) is 0 Å². The van der Waals surface area contributed by atoms with E-state index >= 15 is 0 Å². The third-order valence-corrected chi connectivity index (χ3v) is 7.68. The highest BCUT2D eigenvalue weighted by atomic mass is 32.1. The summed E-state index contributed by atoms with van der Waals surface area (Å²) in [4.78, 5) is 42.4. The molecule has 0 saturated carbocycles. The summed E-state index contributed by atoms with van der Waals surface area (Å²) in [5.74, 6) is 0. The second kappa shape index (κ2) is 9.55. The van der Waals surface area contributed by atoms with Gasteiger partial charge in [0, 0.05) is 53.5 Å². The number of nitrogens with zero attached hydrogens (tertiary/aromatic N) is 3. The van der Waals surface area contributed by atoms with Gasteiger partial charge in [0.05, 0.1) is 0 Å². The number of thiophene rings is 3. The van der Waals surface area contributed by atoms with Crippen molar-refractivity contribution in [3.63, 3.8) is 0 Å². The van der Waals surface area contributed by atoms with Crippen LogP contribution in [0.15, 0.2) is 66.9 Å². The Hall–Kier alpha value is -2.49. The Morgan fingerprint density at radius 1 is 0.533 bits per heavy atom. The topological polar surface area (TPSA) is 66.0 Å². The van der Waals surface area contributed by atoms with Gasteiger partial charge in [0.2, 0.25) is 0 Å². The van der Waals surface area contributed by atoms with Crippen molar-refractivity contribution >= 4 is 34.0 Å². The lowest BCUT2D eigenvalue weighted by atomic mass is 10.3. The monoisotopic (exact) mass is 459 g/mol. The van der Waals surface area contributed by atoms with Crippen LogP contribution in [0.5, 0.6) is 0 Å². The Balaban J connectivity index is 1.68. The highest BCUT2D eigenvalue weighted by Gasteiger charge is 2.16. The van der Waals surface area contributed by atoms with Gasteiger partial charge < -0.3 is 0 Å². The highest BCUT2D eigenvalue weighted by molar-refractivity contribution is 7.10. The third kappa shape index (κ3) is 4.63. The summed E-state index contributed by atoms with van der Waals surface area (Å²) in [6.07, 6.45) is 1.75. The number of aromatic nitrogens is 3. The Labute approximate surface area is 184 Å². The summed E-state index contributed by atoms with van der Waals surface area (Å²) in [5, 5.41) is 5.91. The summed E-state index contributed by atoms with van der Waals surface area (Å²) in [7, 11) is 0. The minimum atomic E-state index is -0.523. The molecule has 0 spiro atoms. The first-order valence-electron chi connectivity index (χ1n) is 9.65. The largest absolute Gasteiger partial charge is 0.336 e. The van der Waals surface area contributed by atoms with Crippen LogP contribution < -0.4 is 17.1 Å². The molecular weight excluding hydrogens is 438 g/mol. The third-order valence-electron chi connectivity index (χ3n) is 4.87. The van der Waals surface area contributed by atoms with Gasteiger partial charge in [-0.05, 0) is 34.3 Å². The first kappa shape index (κ1) is 20.8. The molecule has 6 nitrogen and oxygen atoms in total. The molecule has 0 fully saturated rings. The fraction of sp³-hybridized carbons (Fsp3) is 0.286. The molecule has 0 unspecified atom stereocenters. The normalized spacial score (nSPS) is 11.2. The van der Waals surface area contributed by atoms with Crippen LogP contribution in [0, 0.1) is 0 Å². The van der Waals surface area contributed by atoms with Gasteiger partial charge in [0.25, 0.3) is 0 Å². The average molecular weight is 460 g/mol. The van der Waals surface area contributed by atoms with E-state index in [2.05, 4.69) is 0 Å². The number of hydrogen-bond donors (Lipinski definition) is 0. The van der Waals surface area contributed by atoms with Crippen molar-refractivity contribution in [2.24, 2.45) is 0 Å². The van der Waals surface area contributed by atoms with E-state index in [1.807, 2.05) is 52.5 Å². The molecule has 0 saturated heterocycles. The predicted octanol–water partition coefficient (Wildman–Crippen LogP) is 3.08. The van der Waals surface area contributed by atoms with Gasteiger partial charge in [-0.25, -0.2) is 28.1 Å². The Morgan fingerprint density at radius 2 is 0.833 bits per heavy atom. The van der Waals surface area contributed by atoms with E-state index in [-0.39, 0.29) is 19.6 Å². The molecule has 0 aliphatic rings. The molecule has 0 atom stereocenters. The summed E-state index contributed by atoms with van der Waals surface area (Å²) in [6.45, 7) is 0.781. The summed E-state index contributed by atoms with van der Waals surface area (Å²) in [6, 6.07) is 11.8. The molecule has 4 aromatic rings. The Morgan fingerprint density at radius 3 is 1.07 bits per heavy atom. The minimum Gasteiger partial charge on any atom is -0.247 e. The second-order valence-corrected chi connectivity index (χ2v) is 9.89. The quantitative estimate of drug-likeness (QED) is 0.386. The van der Waals surface area contributed by atoms with Crippen LogP contribution in [-0.2, 0) is 38.9 Å². The van der Waals surface area contributed by atoms with Crippen LogP contribution in [0.4, 0.5) is 0 Å². The maximum atomic E-state index is 13.0. The van der Waals surface area contributed by atoms with Crippen LogP contribution in [0.3, 0.4) is 0 Å². The lowest BCUT2D eigenvalue weighted by Crippen LogP contribution is -2.55. The standard InChI is InChI=1S/C21H21N3O3S3/c25-19-22(10-7-16-4-1-13-28-16)20(26)24(12-9-18-6-3-15-30-18)21(27)23(19)11-8-17-5-2-14-29-17/h1-6,13-15H,7-12H2. The SMILES string of the molecule is O=c1n(CCc2cccs2)c(=O)n(CCc2cccs2)c(=O)n1CCc1cccs1. The molecule has 0 N–H and O–H groups in total. The van der Waals surface area contributed by atoms with Gasteiger partial charge in [-0.15, -0.1) is 34.0 Å². The van der Waals surface area contributed by atoms with Crippen LogP contribution >= 0.6 is 34.0 Å². The van der Waals surface area contributed by atoms with E-state index < -0.39 is 17.1 Å². The molecule has 30 heavy (non-hydrogen) atoms. The van der Waals surface area contributed by atoms with Gasteiger partial charge in [-0.2, -0.15) is 0 Å². The predicted molar refractivity (Wildman–Crippen MR) is 123 cm³/mol. The molecule has 156 valence electrons. The molecule has 0 aliphatic carbocycles. The maximum absolute atomic E-state index is 13.0. The molecule has 4 rings (SSSR count). The van der Waals surface area contributed by atoms with E-state index in [0.717, 1.165) is 14.6 Å². The van der Waals surface area contributed by atoms with Gasteiger partial charge >= 0.3 is 17.1 Å². The van der Waals surface area contributed by atoms with Gasteiger partial charge in [-0.1, -0.05) is 18.2 Å². The van der Waals surface area contributed by atoms with E-state index in [9.17, 15) is 14.4 Å². The molecular formula is C21H21N3O3S3. The van der Waals surface area contributed by atoms with E-state index in [4.69, 9.17) is 0 Å². The molecule has 0 bridgehead atoms. The maximum Gasteiger partial charge on any atom is 0.336 e. The van der Waals surface area contributed by atoms with Crippen molar-refractivity contribution in [3.8, 4) is 0 Å². The fourth-order valence-electron chi connectivity index (χ4n) is 3.29. The van der Waals surface area contributed by atoms with Crippen LogP contribution in [0.25, 0.3) is 0 Å². The Bertz CT molecular complexity index is 1060. The molecule has 0 aliphatic heterocycles. The first-order chi connectivity index (χ1) is 14.6. The summed E-state index contributed by atoms with van der Waals surface area (Å²) >= 11 is 4.78. The van der Waals surface area contributed by atoms with Crippen molar-refractivity contribution < 1.29 is 0 Å². The van der Waals surface area contributed by atoms with Crippen LogP contribution in [0.2, 0.25) is 0 Å². The summed E-state index contributed by atoms with van der Waals surface area (Å²) in [5.41, 5.74) is -1.57. The lowest BCUT2D eigenvalue weighted by Gasteiger charge is -2.13. The zero-order valence-corrected chi connectivity index (χ0v) is 18.7. The zero-order valence-electron chi connectivity index (χ0n) is 16.2. The zero-order chi connectivity index (χ0) is 20.9.